The van der Waals surface area contributed by atoms with Crippen LogP contribution in [0.25, 0.3) is 0 Å². The van der Waals surface area contributed by atoms with Crippen LogP contribution in [0, 0.1) is 0 Å². The number of rotatable bonds is 5. The minimum absolute atomic E-state index is 0.309. The van der Waals surface area contributed by atoms with Crippen LogP contribution in [-0.4, -0.2) is 47.9 Å². The summed E-state index contributed by atoms with van der Waals surface area (Å²) in [5.41, 5.74) is 0. The number of unbranched alkanes of at least 4 members (excludes halogenated alkanes) is 1. The van der Waals surface area contributed by atoms with Crippen LogP contribution in [0.3, 0.4) is 0 Å². The van der Waals surface area contributed by atoms with E-state index in [1.807, 2.05) is 7.05 Å². The van der Waals surface area contributed by atoms with Crippen LogP contribution in [-0.2, 0) is 4.79 Å². The van der Waals surface area contributed by atoms with E-state index >= 15 is 0 Å². The Morgan fingerprint density at radius 1 is 1.29 bits per heavy atom. The fraction of sp³-hybridized carbons (Fsp3) is 0.929. The van der Waals surface area contributed by atoms with E-state index in [0.29, 0.717) is 24.5 Å². The second kappa shape index (κ2) is 7.00. The van der Waals surface area contributed by atoms with E-state index in [4.69, 9.17) is 0 Å². The molecule has 1 rings (SSSR count). The Morgan fingerprint density at radius 3 is 2.41 bits per heavy atom. The highest BCUT2D eigenvalue weighted by Gasteiger charge is 2.28. The van der Waals surface area contributed by atoms with Gasteiger partial charge in [0.1, 0.15) is 0 Å². The Morgan fingerprint density at radius 2 is 1.88 bits per heavy atom. The summed E-state index contributed by atoms with van der Waals surface area (Å²) < 4.78 is 0. The first-order valence-corrected chi connectivity index (χ1v) is 7.06. The molecule has 1 aliphatic rings. The molecule has 0 aromatic carbocycles. The zero-order valence-electron chi connectivity index (χ0n) is 11.9. The van der Waals surface area contributed by atoms with Gasteiger partial charge in [-0.2, -0.15) is 0 Å². The molecule has 0 bridgehead atoms. The van der Waals surface area contributed by atoms with Crippen LogP contribution in [0.15, 0.2) is 0 Å². The summed E-state index contributed by atoms with van der Waals surface area (Å²) in [6, 6.07) is 0.844. The normalized spacial score (nSPS) is 25.4. The maximum atomic E-state index is 12.3. The van der Waals surface area contributed by atoms with Crippen molar-refractivity contribution in [2.75, 3.05) is 20.1 Å². The van der Waals surface area contributed by atoms with Crippen molar-refractivity contribution in [1.29, 1.82) is 0 Å². The molecule has 3 heteroatoms. The predicted octanol–water partition coefficient (Wildman–Crippen LogP) is 2.51. The number of hydrogen-bond donors (Lipinski definition) is 0. The van der Waals surface area contributed by atoms with Gasteiger partial charge in [-0.15, -0.1) is 0 Å². The van der Waals surface area contributed by atoms with Crippen LogP contribution in [0.5, 0.6) is 0 Å². The monoisotopic (exact) mass is 240 g/mol. The molecule has 1 fully saturated rings. The summed E-state index contributed by atoms with van der Waals surface area (Å²) in [7, 11) is 2.05. The molecule has 2 unspecified atom stereocenters. The number of carbonyl (C=O) groups excluding carboxylic acids is 1. The van der Waals surface area contributed by atoms with Gasteiger partial charge in [-0.1, -0.05) is 13.3 Å². The van der Waals surface area contributed by atoms with Crippen molar-refractivity contribution in [1.82, 2.24) is 9.80 Å². The second-order valence-electron chi connectivity index (χ2n) is 5.52. The Balaban J connectivity index is 2.44. The fourth-order valence-electron chi connectivity index (χ4n) is 2.73. The smallest absolute Gasteiger partial charge is 0.237 e. The van der Waals surface area contributed by atoms with Gasteiger partial charge in [0, 0.05) is 12.1 Å². The van der Waals surface area contributed by atoms with Crippen LogP contribution in [0.2, 0.25) is 0 Å². The summed E-state index contributed by atoms with van der Waals surface area (Å²) in [6.07, 6.45) is 5.95. The lowest BCUT2D eigenvalue weighted by molar-refractivity contribution is -0.138. The van der Waals surface area contributed by atoms with E-state index < -0.39 is 0 Å². The third-order valence-electron chi connectivity index (χ3n) is 3.78. The molecule has 0 aromatic rings. The predicted molar refractivity (Wildman–Crippen MR) is 72.0 cm³/mol. The van der Waals surface area contributed by atoms with E-state index in [0.717, 1.165) is 19.4 Å². The first kappa shape index (κ1) is 14.5. The van der Waals surface area contributed by atoms with Gasteiger partial charge in [0.15, 0.2) is 0 Å². The van der Waals surface area contributed by atoms with Gasteiger partial charge in [0.05, 0.1) is 6.54 Å². The van der Waals surface area contributed by atoms with Gasteiger partial charge in [-0.05, 0) is 53.1 Å². The molecule has 0 saturated carbocycles. The molecule has 1 amide bonds. The molecule has 100 valence electrons. The van der Waals surface area contributed by atoms with Gasteiger partial charge in [-0.3, -0.25) is 9.69 Å². The summed E-state index contributed by atoms with van der Waals surface area (Å²) >= 11 is 0. The van der Waals surface area contributed by atoms with Crippen molar-refractivity contribution in [3.8, 4) is 0 Å². The molecule has 3 nitrogen and oxygen atoms in total. The van der Waals surface area contributed by atoms with Crippen LogP contribution in [0.4, 0.5) is 0 Å². The Labute approximate surface area is 106 Å². The maximum absolute atomic E-state index is 12.3. The Bertz CT molecular complexity index is 232. The highest BCUT2D eigenvalue weighted by Crippen LogP contribution is 2.22. The average molecular weight is 240 g/mol. The number of hydrogen-bond acceptors (Lipinski definition) is 2. The minimum Gasteiger partial charge on any atom is -0.336 e. The quantitative estimate of drug-likeness (QED) is 0.737. The minimum atomic E-state index is 0.309. The molecule has 0 spiro atoms. The zero-order valence-corrected chi connectivity index (χ0v) is 11.9. The highest BCUT2D eigenvalue weighted by molar-refractivity contribution is 5.79. The van der Waals surface area contributed by atoms with Crippen LogP contribution in [0.1, 0.15) is 52.9 Å². The number of carbonyl (C=O) groups is 1. The molecule has 0 N–H and O–H groups in total. The average Bonchev–Trinajstić information content (AvgIpc) is 2.26. The van der Waals surface area contributed by atoms with Crippen molar-refractivity contribution in [2.24, 2.45) is 0 Å². The van der Waals surface area contributed by atoms with E-state index in [2.05, 4.69) is 30.6 Å². The molecule has 0 aromatic heterocycles. The number of likely N-dealkylation sites (N-methyl/N-ethyl adjacent to an activating group) is 1. The maximum Gasteiger partial charge on any atom is 0.237 e. The van der Waals surface area contributed by atoms with Crippen LogP contribution >= 0.6 is 0 Å². The lowest BCUT2D eigenvalue weighted by Crippen LogP contribution is -2.50. The number of amides is 1. The SMILES string of the molecule is CCCCN(C)CC(=O)N1C(C)CCCC1C. The summed E-state index contributed by atoms with van der Waals surface area (Å²) in [5.74, 6) is 0.309. The van der Waals surface area contributed by atoms with Gasteiger partial charge in [0.2, 0.25) is 5.91 Å². The molecule has 1 saturated heterocycles. The van der Waals surface area contributed by atoms with E-state index in [1.54, 1.807) is 0 Å². The fourth-order valence-corrected chi connectivity index (χ4v) is 2.73. The molecule has 0 aliphatic carbocycles. The lowest BCUT2D eigenvalue weighted by Gasteiger charge is -2.39. The van der Waals surface area contributed by atoms with Crippen molar-refractivity contribution in [3.05, 3.63) is 0 Å². The Kier molecular flexibility index (Phi) is 5.96. The summed E-state index contributed by atoms with van der Waals surface area (Å²) in [6.45, 7) is 8.15. The lowest BCUT2D eigenvalue weighted by atomic mass is 9.97. The molecule has 17 heavy (non-hydrogen) atoms. The van der Waals surface area contributed by atoms with E-state index in [-0.39, 0.29) is 0 Å². The van der Waals surface area contributed by atoms with Crippen molar-refractivity contribution in [3.63, 3.8) is 0 Å². The van der Waals surface area contributed by atoms with Gasteiger partial charge < -0.3 is 4.90 Å². The van der Waals surface area contributed by atoms with Gasteiger partial charge in [-0.25, -0.2) is 0 Å². The Hall–Kier alpha value is -0.570. The van der Waals surface area contributed by atoms with Gasteiger partial charge in [0.25, 0.3) is 0 Å². The first-order chi connectivity index (χ1) is 8.06. The zero-order chi connectivity index (χ0) is 12.8. The van der Waals surface area contributed by atoms with Crippen molar-refractivity contribution >= 4 is 5.91 Å². The molecule has 1 aliphatic heterocycles. The van der Waals surface area contributed by atoms with Gasteiger partial charge >= 0.3 is 0 Å². The number of likely N-dealkylation sites (tertiary alicyclic amines) is 1. The standard InChI is InChI=1S/C14H28N2O/c1-5-6-10-15(4)11-14(17)16-12(2)8-7-9-13(16)3/h12-13H,5-11H2,1-4H3. The van der Waals surface area contributed by atoms with E-state index in [1.165, 1.54) is 19.3 Å². The largest absolute Gasteiger partial charge is 0.336 e. The topological polar surface area (TPSA) is 23.6 Å². The highest BCUT2D eigenvalue weighted by atomic mass is 16.2. The molecule has 1 heterocycles. The third-order valence-corrected chi connectivity index (χ3v) is 3.78. The van der Waals surface area contributed by atoms with Crippen molar-refractivity contribution in [2.45, 2.75) is 65.0 Å². The summed E-state index contributed by atoms with van der Waals surface area (Å²) in [5, 5.41) is 0. The van der Waals surface area contributed by atoms with Crippen LogP contribution < -0.4 is 0 Å². The van der Waals surface area contributed by atoms with Crippen molar-refractivity contribution < 1.29 is 4.79 Å². The number of nitrogens with zero attached hydrogens (tertiary/aromatic N) is 2. The van der Waals surface area contributed by atoms with E-state index in [9.17, 15) is 4.79 Å². The molecule has 0 radical (unpaired) electrons. The molecular formula is C14H28N2O. The third kappa shape index (κ3) is 4.30. The number of piperidine rings is 1. The molecular weight excluding hydrogens is 212 g/mol. The first-order valence-electron chi connectivity index (χ1n) is 7.06. The summed E-state index contributed by atoms with van der Waals surface area (Å²) in [4.78, 5) is 16.5. The molecule has 2 atom stereocenters. The second-order valence-corrected chi connectivity index (χ2v) is 5.52.